The van der Waals surface area contributed by atoms with Crippen molar-refractivity contribution in [3.05, 3.63) is 27.5 Å². The summed E-state index contributed by atoms with van der Waals surface area (Å²) >= 11 is 9.39. The summed E-state index contributed by atoms with van der Waals surface area (Å²) in [6.07, 6.45) is 4.94. The quantitative estimate of drug-likeness (QED) is 0.733. The summed E-state index contributed by atoms with van der Waals surface area (Å²) < 4.78 is 0.778. The number of carbonyl (C=O) groups is 1. The smallest absolute Gasteiger partial charge is 0.257 e. The van der Waals surface area contributed by atoms with Gasteiger partial charge in [-0.25, -0.2) is 4.98 Å². The number of carbonyl (C=O) groups excluding carboxylic acids is 1. The molecule has 1 atom stereocenters. The van der Waals surface area contributed by atoms with Gasteiger partial charge in [-0.05, 0) is 53.1 Å². The molecule has 1 aliphatic heterocycles. The van der Waals surface area contributed by atoms with Gasteiger partial charge in [0.25, 0.3) is 5.91 Å². The first-order valence-electron chi connectivity index (χ1n) is 7.09. The molecule has 2 heterocycles. The van der Waals surface area contributed by atoms with E-state index in [2.05, 4.69) is 34.8 Å². The molecule has 0 bridgehead atoms. The largest absolute Gasteiger partial charge is 0.339 e. The first-order valence-corrected chi connectivity index (χ1v) is 8.26. The molecule has 0 aliphatic carbocycles. The zero-order chi connectivity index (χ0) is 14.7. The minimum atomic E-state index is -0.00629. The van der Waals surface area contributed by atoms with E-state index < -0.39 is 0 Å². The van der Waals surface area contributed by atoms with Crippen LogP contribution in [0.15, 0.2) is 16.7 Å². The van der Waals surface area contributed by atoms with E-state index in [1.165, 1.54) is 6.42 Å². The Morgan fingerprint density at radius 1 is 1.45 bits per heavy atom. The summed E-state index contributed by atoms with van der Waals surface area (Å²) in [6, 6.07) is 1.75. The number of aromatic nitrogens is 1. The number of pyridine rings is 1. The van der Waals surface area contributed by atoms with Crippen LogP contribution in [-0.2, 0) is 0 Å². The lowest BCUT2D eigenvalue weighted by Crippen LogP contribution is -2.32. The SMILES string of the molecule is CC(C)C1CCCN(C(=O)c2cc(Br)cnc2Cl)CC1. The maximum atomic E-state index is 12.6. The van der Waals surface area contributed by atoms with Crippen LogP contribution in [0.1, 0.15) is 43.5 Å². The second-order valence-corrected chi connectivity index (χ2v) is 6.99. The molecule has 1 fully saturated rings. The summed E-state index contributed by atoms with van der Waals surface area (Å²) in [5, 5.41) is 0.280. The van der Waals surface area contributed by atoms with Crippen LogP contribution in [0, 0.1) is 11.8 Å². The standard InChI is InChI=1S/C15H20BrClN2O/c1-10(2)11-4-3-6-19(7-5-11)15(20)13-8-12(16)9-18-14(13)17/h8-11H,3-7H2,1-2H3. The average Bonchev–Trinajstić information content (AvgIpc) is 2.66. The Hall–Kier alpha value is -0.610. The molecule has 1 aromatic heterocycles. The fourth-order valence-corrected chi connectivity index (χ4v) is 3.25. The summed E-state index contributed by atoms with van der Waals surface area (Å²) in [4.78, 5) is 18.5. The summed E-state index contributed by atoms with van der Waals surface area (Å²) in [5.74, 6) is 1.39. The molecular formula is C15H20BrClN2O. The van der Waals surface area contributed by atoms with Crippen LogP contribution in [-0.4, -0.2) is 28.9 Å². The normalized spacial score (nSPS) is 20.1. The van der Waals surface area contributed by atoms with Gasteiger partial charge in [0.1, 0.15) is 5.15 Å². The number of nitrogens with zero attached hydrogens (tertiary/aromatic N) is 2. The van der Waals surface area contributed by atoms with Gasteiger partial charge >= 0.3 is 0 Å². The van der Waals surface area contributed by atoms with Crippen molar-refractivity contribution in [1.82, 2.24) is 9.88 Å². The second-order valence-electron chi connectivity index (χ2n) is 5.72. The van der Waals surface area contributed by atoms with E-state index in [1.54, 1.807) is 12.3 Å². The summed E-state index contributed by atoms with van der Waals surface area (Å²) in [6.45, 7) is 6.14. The number of likely N-dealkylation sites (tertiary alicyclic amines) is 1. The number of hydrogen-bond acceptors (Lipinski definition) is 2. The van der Waals surface area contributed by atoms with Crippen molar-refractivity contribution in [2.75, 3.05) is 13.1 Å². The highest BCUT2D eigenvalue weighted by Gasteiger charge is 2.24. The zero-order valence-corrected chi connectivity index (χ0v) is 14.2. The van der Waals surface area contributed by atoms with Crippen molar-refractivity contribution in [2.45, 2.75) is 33.1 Å². The topological polar surface area (TPSA) is 33.2 Å². The molecule has 1 unspecified atom stereocenters. The number of amides is 1. The number of halogens is 2. The highest BCUT2D eigenvalue weighted by atomic mass is 79.9. The molecular weight excluding hydrogens is 340 g/mol. The van der Waals surface area contributed by atoms with E-state index in [0.717, 1.165) is 30.4 Å². The molecule has 1 aromatic rings. The van der Waals surface area contributed by atoms with Crippen molar-refractivity contribution < 1.29 is 4.79 Å². The molecule has 0 aromatic carbocycles. The van der Waals surface area contributed by atoms with E-state index in [1.807, 2.05) is 4.90 Å². The third-order valence-electron chi connectivity index (χ3n) is 4.04. The van der Waals surface area contributed by atoms with Gasteiger partial charge in [0.2, 0.25) is 0 Å². The molecule has 2 rings (SSSR count). The van der Waals surface area contributed by atoms with Crippen molar-refractivity contribution in [3.63, 3.8) is 0 Å². The van der Waals surface area contributed by atoms with Crippen LogP contribution in [0.25, 0.3) is 0 Å². The first kappa shape index (κ1) is 15.8. The predicted molar refractivity (Wildman–Crippen MR) is 85.0 cm³/mol. The Labute approximate surface area is 133 Å². The van der Waals surface area contributed by atoms with Gasteiger partial charge in [-0.3, -0.25) is 4.79 Å². The molecule has 0 spiro atoms. The van der Waals surface area contributed by atoms with Crippen molar-refractivity contribution >= 4 is 33.4 Å². The van der Waals surface area contributed by atoms with Crippen LogP contribution in [0.4, 0.5) is 0 Å². The average molecular weight is 360 g/mol. The first-order chi connectivity index (χ1) is 9.49. The molecule has 1 amide bonds. The van der Waals surface area contributed by atoms with Gasteiger partial charge in [0.05, 0.1) is 5.56 Å². The van der Waals surface area contributed by atoms with Gasteiger partial charge in [-0.1, -0.05) is 25.4 Å². The minimum Gasteiger partial charge on any atom is -0.339 e. The number of rotatable bonds is 2. The minimum absolute atomic E-state index is 0.00629. The number of hydrogen-bond donors (Lipinski definition) is 0. The predicted octanol–water partition coefficient (Wildman–Crippen LogP) is 4.40. The van der Waals surface area contributed by atoms with E-state index in [0.29, 0.717) is 17.4 Å². The third kappa shape index (κ3) is 3.73. The van der Waals surface area contributed by atoms with Gasteiger partial charge in [-0.2, -0.15) is 0 Å². The van der Waals surface area contributed by atoms with E-state index in [4.69, 9.17) is 11.6 Å². The van der Waals surface area contributed by atoms with Gasteiger partial charge < -0.3 is 4.90 Å². The Bertz CT molecular complexity index is 493. The molecule has 1 aliphatic rings. The Kier molecular flexibility index (Phi) is 5.44. The molecule has 110 valence electrons. The molecule has 0 N–H and O–H groups in total. The maximum absolute atomic E-state index is 12.6. The fraction of sp³-hybridized carbons (Fsp3) is 0.600. The Morgan fingerprint density at radius 3 is 2.90 bits per heavy atom. The lowest BCUT2D eigenvalue weighted by atomic mass is 9.89. The van der Waals surface area contributed by atoms with Crippen molar-refractivity contribution in [3.8, 4) is 0 Å². The van der Waals surface area contributed by atoms with E-state index in [9.17, 15) is 4.79 Å². The molecule has 1 saturated heterocycles. The Balaban J connectivity index is 2.11. The Morgan fingerprint density at radius 2 is 2.20 bits per heavy atom. The maximum Gasteiger partial charge on any atom is 0.257 e. The highest BCUT2D eigenvalue weighted by molar-refractivity contribution is 9.10. The molecule has 5 heteroatoms. The fourth-order valence-electron chi connectivity index (χ4n) is 2.73. The lowest BCUT2D eigenvalue weighted by Gasteiger charge is -2.22. The van der Waals surface area contributed by atoms with Crippen LogP contribution in [0.2, 0.25) is 5.15 Å². The third-order valence-corrected chi connectivity index (χ3v) is 4.77. The molecule has 20 heavy (non-hydrogen) atoms. The van der Waals surface area contributed by atoms with Crippen LogP contribution in [0.5, 0.6) is 0 Å². The van der Waals surface area contributed by atoms with Gasteiger partial charge in [0.15, 0.2) is 0 Å². The second kappa shape index (κ2) is 6.90. The summed E-state index contributed by atoms with van der Waals surface area (Å²) in [7, 11) is 0. The van der Waals surface area contributed by atoms with Crippen molar-refractivity contribution in [2.24, 2.45) is 11.8 Å². The molecule has 0 radical (unpaired) electrons. The van der Waals surface area contributed by atoms with E-state index in [-0.39, 0.29) is 11.1 Å². The molecule has 0 saturated carbocycles. The summed E-state index contributed by atoms with van der Waals surface area (Å²) in [5.41, 5.74) is 0.490. The zero-order valence-electron chi connectivity index (χ0n) is 11.9. The highest BCUT2D eigenvalue weighted by Crippen LogP contribution is 2.26. The van der Waals surface area contributed by atoms with E-state index >= 15 is 0 Å². The van der Waals surface area contributed by atoms with Crippen LogP contribution in [0.3, 0.4) is 0 Å². The molecule has 3 nitrogen and oxygen atoms in total. The lowest BCUT2D eigenvalue weighted by molar-refractivity contribution is 0.0758. The van der Waals surface area contributed by atoms with Gasteiger partial charge in [0, 0.05) is 23.8 Å². The monoisotopic (exact) mass is 358 g/mol. The van der Waals surface area contributed by atoms with Crippen LogP contribution >= 0.6 is 27.5 Å². The van der Waals surface area contributed by atoms with Crippen molar-refractivity contribution in [1.29, 1.82) is 0 Å². The van der Waals surface area contributed by atoms with Crippen LogP contribution < -0.4 is 0 Å². The van der Waals surface area contributed by atoms with Gasteiger partial charge in [-0.15, -0.1) is 0 Å².